The number of nitrogens with zero attached hydrogens (tertiary/aromatic N) is 1. The molecule has 150 valence electrons. The second-order valence-corrected chi connectivity index (χ2v) is 10.5. The van der Waals surface area contributed by atoms with E-state index in [1.807, 2.05) is 0 Å². The second-order valence-electron chi connectivity index (χ2n) is 10.5. The predicted molar refractivity (Wildman–Crippen MR) is 106 cm³/mol. The molecule has 2 heterocycles. The number of carbonyl (C=O) groups excluding carboxylic acids is 2. The first-order valence-electron chi connectivity index (χ1n) is 10.6. The van der Waals surface area contributed by atoms with E-state index in [0.717, 1.165) is 32.4 Å². The number of cyclic esters (lactones) is 1. The number of benzene rings is 1. The summed E-state index contributed by atoms with van der Waals surface area (Å²) in [5.74, 6) is 0.900. The Kier molecular flexibility index (Phi) is 3.69. The summed E-state index contributed by atoms with van der Waals surface area (Å²) in [6.07, 6.45) is 3.36. The van der Waals surface area contributed by atoms with Crippen LogP contribution in [0.2, 0.25) is 0 Å². The number of carbonyl (C=O) groups is 2. The monoisotopic (exact) mass is 382 g/mol. The number of hydrogen-bond donors (Lipinski definition) is 1. The first-order valence-corrected chi connectivity index (χ1v) is 10.6. The van der Waals surface area contributed by atoms with Crippen molar-refractivity contribution in [3.8, 4) is 0 Å². The van der Waals surface area contributed by atoms with E-state index in [1.165, 1.54) is 17.5 Å². The number of amides is 2. The zero-order chi connectivity index (χ0) is 19.7. The first kappa shape index (κ1) is 18.0. The maximum absolute atomic E-state index is 13.0. The third-order valence-electron chi connectivity index (χ3n) is 7.59. The Bertz CT molecular complexity index is 836. The smallest absolute Gasteiger partial charge is 0.407 e. The molecule has 2 unspecified atom stereocenters. The van der Waals surface area contributed by atoms with Gasteiger partial charge in [0.2, 0.25) is 5.91 Å². The number of piperidine rings is 1. The lowest BCUT2D eigenvalue weighted by molar-refractivity contribution is -0.142. The molecule has 1 aromatic carbocycles. The van der Waals surface area contributed by atoms with E-state index in [4.69, 9.17) is 4.74 Å². The SMILES string of the molecule is CC(C)(C)c1cccc(C23CCN(C(=O)C4CC5(COC(=O)N5)C4)CC2C3)c1. The number of rotatable bonds is 2. The lowest BCUT2D eigenvalue weighted by Crippen LogP contribution is -2.58. The molecule has 2 atom stereocenters. The van der Waals surface area contributed by atoms with Gasteiger partial charge in [0, 0.05) is 24.4 Å². The summed E-state index contributed by atoms with van der Waals surface area (Å²) >= 11 is 0. The molecule has 5 rings (SSSR count). The zero-order valence-electron chi connectivity index (χ0n) is 17.1. The van der Waals surface area contributed by atoms with Crippen LogP contribution in [0, 0.1) is 11.8 Å². The topological polar surface area (TPSA) is 58.6 Å². The van der Waals surface area contributed by atoms with Crippen LogP contribution >= 0.6 is 0 Å². The van der Waals surface area contributed by atoms with E-state index >= 15 is 0 Å². The molecule has 5 heteroatoms. The second kappa shape index (κ2) is 5.74. The third-order valence-corrected chi connectivity index (χ3v) is 7.59. The van der Waals surface area contributed by atoms with Gasteiger partial charge in [-0.15, -0.1) is 0 Å². The normalized spacial score (nSPS) is 36.4. The van der Waals surface area contributed by atoms with Crippen molar-refractivity contribution < 1.29 is 14.3 Å². The lowest BCUT2D eigenvalue weighted by Gasteiger charge is -2.44. The maximum Gasteiger partial charge on any atom is 0.407 e. The number of fused-ring (bicyclic) bond motifs is 1. The van der Waals surface area contributed by atoms with Crippen LogP contribution in [0.3, 0.4) is 0 Å². The van der Waals surface area contributed by atoms with E-state index in [1.54, 1.807) is 0 Å². The average molecular weight is 383 g/mol. The molecule has 28 heavy (non-hydrogen) atoms. The van der Waals surface area contributed by atoms with Crippen molar-refractivity contribution >= 4 is 12.0 Å². The zero-order valence-corrected chi connectivity index (χ0v) is 17.1. The van der Waals surface area contributed by atoms with Gasteiger partial charge in [-0.1, -0.05) is 45.0 Å². The summed E-state index contributed by atoms with van der Waals surface area (Å²) in [4.78, 5) is 26.4. The van der Waals surface area contributed by atoms with Gasteiger partial charge in [-0.3, -0.25) is 4.79 Å². The lowest BCUT2D eigenvalue weighted by atomic mass is 9.68. The van der Waals surface area contributed by atoms with Gasteiger partial charge in [-0.2, -0.15) is 0 Å². The van der Waals surface area contributed by atoms with Crippen molar-refractivity contribution in [3.05, 3.63) is 35.4 Å². The van der Waals surface area contributed by atoms with Crippen LogP contribution in [0.1, 0.15) is 57.6 Å². The van der Waals surface area contributed by atoms with Gasteiger partial charge in [0.15, 0.2) is 0 Å². The maximum atomic E-state index is 13.0. The van der Waals surface area contributed by atoms with E-state index < -0.39 is 0 Å². The highest BCUT2D eigenvalue weighted by molar-refractivity contribution is 5.82. The summed E-state index contributed by atoms with van der Waals surface area (Å²) in [5.41, 5.74) is 3.03. The largest absolute Gasteiger partial charge is 0.447 e. The fourth-order valence-corrected chi connectivity index (χ4v) is 5.64. The van der Waals surface area contributed by atoms with Crippen LogP contribution in [0.25, 0.3) is 0 Å². The fraction of sp³-hybridized carbons (Fsp3) is 0.652. The molecule has 1 aromatic rings. The van der Waals surface area contributed by atoms with Crippen LogP contribution in [0.15, 0.2) is 24.3 Å². The van der Waals surface area contributed by atoms with Gasteiger partial charge < -0.3 is 15.0 Å². The molecule has 2 saturated heterocycles. The molecule has 2 amide bonds. The Labute approximate surface area is 166 Å². The predicted octanol–water partition coefficient (Wildman–Crippen LogP) is 3.36. The van der Waals surface area contributed by atoms with Crippen LogP contribution in [-0.4, -0.2) is 42.1 Å². The number of nitrogens with one attached hydrogen (secondary N) is 1. The van der Waals surface area contributed by atoms with E-state index in [9.17, 15) is 9.59 Å². The summed E-state index contributed by atoms with van der Waals surface area (Å²) in [7, 11) is 0. The Hall–Kier alpha value is -2.04. The molecular formula is C23H30N2O3. The average Bonchev–Trinajstić information content (AvgIpc) is 3.25. The Balaban J connectivity index is 1.23. The number of hydrogen-bond acceptors (Lipinski definition) is 3. The Morgan fingerprint density at radius 1 is 1.25 bits per heavy atom. The third kappa shape index (κ3) is 2.73. The molecule has 2 aliphatic heterocycles. The van der Waals surface area contributed by atoms with Gasteiger partial charge >= 0.3 is 6.09 Å². The van der Waals surface area contributed by atoms with Crippen LogP contribution < -0.4 is 5.32 Å². The summed E-state index contributed by atoms with van der Waals surface area (Å²) in [5, 5.41) is 2.88. The fourth-order valence-electron chi connectivity index (χ4n) is 5.64. The van der Waals surface area contributed by atoms with Crippen molar-refractivity contribution in [3.63, 3.8) is 0 Å². The minimum atomic E-state index is -0.343. The van der Waals surface area contributed by atoms with Gasteiger partial charge in [0.05, 0.1) is 5.54 Å². The van der Waals surface area contributed by atoms with Gasteiger partial charge in [0.25, 0.3) is 0 Å². The van der Waals surface area contributed by atoms with Crippen molar-refractivity contribution in [2.75, 3.05) is 19.7 Å². The van der Waals surface area contributed by atoms with Crippen molar-refractivity contribution in [1.29, 1.82) is 0 Å². The molecule has 0 radical (unpaired) electrons. The quantitative estimate of drug-likeness (QED) is 0.853. The summed E-state index contributed by atoms with van der Waals surface area (Å²) in [6, 6.07) is 9.11. The van der Waals surface area contributed by atoms with Crippen LogP contribution in [0.5, 0.6) is 0 Å². The molecule has 2 saturated carbocycles. The first-order chi connectivity index (χ1) is 13.2. The molecule has 2 aliphatic carbocycles. The number of likely N-dealkylation sites (tertiary alicyclic amines) is 1. The summed E-state index contributed by atoms with van der Waals surface area (Å²) in [6.45, 7) is 8.92. The molecule has 4 aliphatic rings. The molecular weight excluding hydrogens is 352 g/mol. The Morgan fingerprint density at radius 2 is 2.04 bits per heavy atom. The van der Waals surface area contributed by atoms with E-state index in [-0.39, 0.29) is 34.3 Å². The molecule has 0 aromatic heterocycles. The van der Waals surface area contributed by atoms with E-state index in [0.29, 0.717) is 12.5 Å². The highest BCUT2D eigenvalue weighted by Crippen LogP contribution is 2.59. The van der Waals surface area contributed by atoms with Gasteiger partial charge in [0.1, 0.15) is 6.61 Å². The van der Waals surface area contributed by atoms with Crippen LogP contribution in [-0.2, 0) is 20.4 Å². The Morgan fingerprint density at radius 3 is 2.68 bits per heavy atom. The number of alkyl carbamates (subject to hydrolysis) is 1. The van der Waals surface area contributed by atoms with Crippen molar-refractivity contribution in [2.24, 2.45) is 11.8 Å². The van der Waals surface area contributed by atoms with E-state index in [2.05, 4.69) is 55.3 Å². The number of ether oxygens (including phenoxy) is 1. The summed E-state index contributed by atoms with van der Waals surface area (Å²) < 4.78 is 5.03. The molecule has 1 N–H and O–H groups in total. The van der Waals surface area contributed by atoms with Crippen LogP contribution in [0.4, 0.5) is 4.79 Å². The minimum absolute atomic E-state index is 0.0393. The molecule has 1 spiro atoms. The van der Waals surface area contributed by atoms with Gasteiger partial charge in [-0.25, -0.2) is 4.79 Å². The molecule has 0 bridgehead atoms. The standard InChI is InChI=1S/C23H30N2O3/c1-21(2,3)16-5-4-6-17(9-16)23-7-8-25(13-18(23)12-23)19(26)15-10-22(11-15)14-28-20(27)24-22/h4-6,9,15,18H,7-8,10-14H2,1-3H3,(H,24,27). The highest BCUT2D eigenvalue weighted by Gasteiger charge is 2.59. The minimum Gasteiger partial charge on any atom is -0.447 e. The van der Waals surface area contributed by atoms with Gasteiger partial charge in [-0.05, 0) is 48.1 Å². The van der Waals surface area contributed by atoms with Crippen molar-refractivity contribution in [2.45, 2.75) is 62.8 Å². The highest BCUT2D eigenvalue weighted by atomic mass is 16.6. The molecule has 4 fully saturated rings. The molecule has 5 nitrogen and oxygen atoms in total. The van der Waals surface area contributed by atoms with Crippen molar-refractivity contribution in [1.82, 2.24) is 10.2 Å².